The molecular formula is C18H24N2O. The van der Waals surface area contributed by atoms with E-state index in [1.165, 1.54) is 31.6 Å². The van der Waals surface area contributed by atoms with Crippen LogP contribution in [-0.2, 0) is 0 Å². The Bertz CT molecular complexity index is 505. The first-order valence-electron chi connectivity index (χ1n) is 7.61. The summed E-state index contributed by atoms with van der Waals surface area (Å²) in [6.45, 7) is 5.01. The summed E-state index contributed by atoms with van der Waals surface area (Å²) in [6, 6.07) is 18.3. The number of nitrogens with zero attached hydrogens (tertiary/aromatic N) is 1. The van der Waals surface area contributed by atoms with E-state index in [9.17, 15) is 0 Å². The molecule has 1 aliphatic heterocycles. The summed E-state index contributed by atoms with van der Waals surface area (Å²) in [7, 11) is 0. The molecule has 2 N–H and O–H groups in total. The molecule has 0 radical (unpaired) electrons. The Kier molecular flexibility index (Phi) is 6.10. The first-order valence-corrected chi connectivity index (χ1v) is 7.61. The quantitative estimate of drug-likeness (QED) is 0.924. The van der Waals surface area contributed by atoms with E-state index in [1.807, 2.05) is 49.4 Å². The van der Waals surface area contributed by atoms with Gasteiger partial charge in [-0.2, -0.15) is 0 Å². The van der Waals surface area contributed by atoms with Gasteiger partial charge in [0.25, 0.3) is 0 Å². The molecule has 3 nitrogen and oxygen atoms in total. The predicted molar refractivity (Wildman–Crippen MR) is 89.1 cm³/mol. The van der Waals surface area contributed by atoms with E-state index in [1.54, 1.807) is 0 Å². The third-order valence-electron chi connectivity index (χ3n) is 3.29. The maximum absolute atomic E-state index is 5.78. The summed E-state index contributed by atoms with van der Waals surface area (Å²) in [4.78, 5) is 2.42. The molecule has 112 valence electrons. The molecule has 1 aliphatic rings. The van der Waals surface area contributed by atoms with E-state index in [0.29, 0.717) is 0 Å². The maximum atomic E-state index is 5.78. The summed E-state index contributed by atoms with van der Waals surface area (Å²) in [5.74, 6) is 1.77. The molecule has 2 aromatic carbocycles. The Morgan fingerprint density at radius 1 is 0.905 bits per heavy atom. The fourth-order valence-corrected chi connectivity index (χ4v) is 2.32. The standard InChI is InChI=1S/C16H17NO.C2H7N/c1-2-6-15(7-3-1)18-16-10-8-14(9-11-16)17-12-4-5-13-17;1-2-3/h1-3,6-11H,4-5,12-13H2;2-3H2,1H3. The van der Waals surface area contributed by atoms with Gasteiger partial charge >= 0.3 is 0 Å². The molecule has 3 rings (SSSR count). The molecule has 1 saturated heterocycles. The first-order chi connectivity index (χ1) is 10.3. The van der Waals surface area contributed by atoms with Gasteiger partial charge in [-0.1, -0.05) is 25.1 Å². The van der Waals surface area contributed by atoms with Crippen LogP contribution in [0.15, 0.2) is 54.6 Å². The summed E-state index contributed by atoms with van der Waals surface area (Å²) in [5.41, 5.74) is 6.15. The van der Waals surface area contributed by atoms with Crippen molar-refractivity contribution in [1.82, 2.24) is 0 Å². The van der Waals surface area contributed by atoms with Crippen molar-refractivity contribution in [3.8, 4) is 11.5 Å². The normalized spacial score (nSPS) is 13.5. The molecule has 0 spiro atoms. The summed E-state index contributed by atoms with van der Waals surface area (Å²) >= 11 is 0. The zero-order valence-electron chi connectivity index (χ0n) is 12.7. The lowest BCUT2D eigenvalue weighted by atomic mass is 10.3. The molecule has 0 amide bonds. The lowest BCUT2D eigenvalue weighted by Crippen LogP contribution is -2.17. The maximum Gasteiger partial charge on any atom is 0.127 e. The predicted octanol–water partition coefficient (Wildman–Crippen LogP) is 4.04. The molecular weight excluding hydrogens is 260 g/mol. The van der Waals surface area contributed by atoms with Crippen molar-refractivity contribution in [2.45, 2.75) is 19.8 Å². The molecule has 0 bridgehead atoms. The van der Waals surface area contributed by atoms with Crippen LogP contribution in [0.1, 0.15) is 19.8 Å². The van der Waals surface area contributed by atoms with Crippen LogP contribution in [-0.4, -0.2) is 19.6 Å². The van der Waals surface area contributed by atoms with Crippen LogP contribution in [0.3, 0.4) is 0 Å². The minimum absolute atomic E-state index is 0.750. The second-order valence-corrected chi connectivity index (χ2v) is 5.01. The van der Waals surface area contributed by atoms with Gasteiger partial charge in [0.15, 0.2) is 0 Å². The molecule has 3 heteroatoms. The minimum atomic E-state index is 0.750. The molecule has 1 heterocycles. The van der Waals surface area contributed by atoms with Gasteiger partial charge in [0, 0.05) is 18.8 Å². The van der Waals surface area contributed by atoms with Crippen molar-refractivity contribution >= 4 is 5.69 Å². The Balaban J connectivity index is 0.000000497. The van der Waals surface area contributed by atoms with Crippen molar-refractivity contribution in [3.05, 3.63) is 54.6 Å². The molecule has 1 fully saturated rings. The zero-order chi connectivity index (χ0) is 14.9. The van der Waals surface area contributed by atoms with Gasteiger partial charge in [-0.05, 0) is 55.8 Å². The Hall–Kier alpha value is -2.00. The van der Waals surface area contributed by atoms with Gasteiger partial charge in [-0.15, -0.1) is 0 Å². The Morgan fingerprint density at radius 2 is 1.43 bits per heavy atom. The average molecular weight is 284 g/mol. The number of para-hydroxylation sites is 1. The van der Waals surface area contributed by atoms with Crippen LogP contribution >= 0.6 is 0 Å². The van der Waals surface area contributed by atoms with E-state index >= 15 is 0 Å². The zero-order valence-corrected chi connectivity index (χ0v) is 12.7. The second kappa shape index (κ2) is 8.32. The topological polar surface area (TPSA) is 38.5 Å². The Morgan fingerprint density at radius 3 is 2.00 bits per heavy atom. The fourth-order valence-electron chi connectivity index (χ4n) is 2.32. The van der Waals surface area contributed by atoms with Crippen molar-refractivity contribution in [3.63, 3.8) is 0 Å². The van der Waals surface area contributed by atoms with Gasteiger partial charge in [0.2, 0.25) is 0 Å². The van der Waals surface area contributed by atoms with Crippen LogP contribution in [0, 0.1) is 0 Å². The first kappa shape index (κ1) is 15.4. The van der Waals surface area contributed by atoms with E-state index in [-0.39, 0.29) is 0 Å². The van der Waals surface area contributed by atoms with Crippen molar-refractivity contribution in [2.75, 3.05) is 24.5 Å². The highest BCUT2D eigenvalue weighted by Crippen LogP contribution is 2.25. The molecule has 2 aromatic rings. The average Bonchev–Trinajstić information content (AvgIpc) is 3.04. The van der Waals surface area contributed by atoms with Crippen LogP contribution in [0.5, 0.6) is 11.5 Å². The van der Waals surface area contributed by atoms with Crippen LogP contribution in [0.4, 0.5) is 5.69 Å². The summed E-state index contributed by atoms with van der Waals surface area (Å²) in [5, 5.41) is 0. The Labute approximate surface area is 127 Å². The number of hydrogen-bond acceptors (Lipinski definition) is 3. The van der Waals surface area contributed by atoms with Crippen molar-refractivity contribution < 1.29 is 4.74 Å². The summed E-state index contributed by atoms with van der Waals surface area (Å²) in [6.07, 6.45) is 2.62. The number of hydrogen-bond donors (Lipinski definition) is 1. The molecule has 21 heavy (non-hydrogen) atoms. The highest BCUT2D eigenvalue weighted by molar-refractivity contribution is 5.50. The molecule has 0 unspecified atom stereocenters. The number of benzene rings is 2. The fraction of sp³-hybridized carbons (Fsp3) is 0.333. The molecule has 0 aromatic heterocycles. The number of anilines is 1. The van der Waals surface area contributed by atoms with E-state index in [0.717, 1.165) is 18.0 Å². The van der Waals surface area contributed by atoms with Gasteiger partial charge in [-0.3, -0.25) is 0 Å². The van der Waals surface area contributed by atoms with E-state index in [2.05, 4.69) is 17.0 Å². The highest BCUT2D eigenvalue weighted by atomic mass is 16.5. The van der Waals surface area contributed by atoms with Crippen LogP contribution in [0.2, 0.25) is 0 Å². The number of nitrogens with two attached hydrogens (primary N) is 1. The smallest absolute Gasteiger partial charge is 0.127 e. The van der Waals surface area contributed by atoms with Crippen molar-refractivity contribution in [2.24, 2.45) is 5.73 Å². The van der Waals surface area contributed by atoms with Crippen LogP contribution < -0.4 is 15.4 Å². The van der Waals surface area contributed by atoms with Gasteiger partial charge in [-0.25, -0.2) is 0 Å². The lowest BCUT2D eigenvalue weighted by Gasteiger charge is -2.17. The second-order valence-electron chi connectivity index (χ2n) is 5.01. The lowest BCUT2D eigenvalue weighted by molar-refractivity contribution is 0.482. The van der Waals surface area contributed by atoms with Gasteiger partial charge < -0.3 is 15.4 Å². The monoisotopic (exact) mass is 284 g/mol. The van der Waals surface area contributed by atoms with Crippen LogP contribution in [0.25, 0.3) is 0 Å². The molecule has 0 atom stereocenters. The van der Waals surface area contributed by atoms with Gasteiger partial charge in [0.1, 0.15) is 11.5 Å². The van der Waals surface area contributed by atoms with Gasteiger partial charge in [0.05, 0.1) is 0 Å². The molecule has 0 saturated carbocycles. The highest BCUT2D eigenvalue weighted by Gasteiger charge is 2.11. The minimum Gasteiger partial charge on any atom is -0.457 e. The van der Waals surface area contributed by atoms with E-state index < -0.39 is 0 Å². The molecule has 0 aliphatic carbocycles. The van der Waals surface area contributed by atoms with Crippen molar-refractivity contribution in [1.29, 1.82) is 0 Å². The SMILES string of the molecule is CCN.c1ccc(Oc2ccc(N3CCCC3)cc2)cc1. The third-order valence-corrected chi connectivity index (χ3v) is 3.29. The number of ether oxygens (including phenoxy) is 1. The summed E-state index contributed by atoms with van der Waals surface area (Å²) < 4.78 is 5.78. The largest absolute Gasteiger partial charge is 0.457 e. The number of rotatable bonds is 3. The third kappa shape index (κ3) is 4.80. The van der Waals surface area contributed by atoms with E-state index in [4.69, 9.17) is 10.5 Å².